The second-order valence-electron chi connectivity index (χ2n) is 4.53. The Kier molecular flexibility index (Phi) is 1.92. The van der Waals surface area contributed by atoms with Crippen molar-refractivity contribution in [2.45, 2.75) is 6.42 Å². The lowest BCUT2D eigenvalue weighted by atomic mass is 10.0. The molecule has 4 rings (SSSR count). The standard InChI is InChI=1S/C16H12N2/c1-4-8-15-12(5-1)11-16-13-6-2-3-7-14(13)17-9-10-18(15)16/h1,3-11H,2H2. The Labute approximate surface area is 105 Å². The highest BCUT2D eigenvalue weighted by molar-refractivity contribution is 6.30. The minimum atomic E-state index is 0.982. The average Bonchev–Trinajstić information content (AvgIpc) is 2.69. The summed E-state index contributed by atoms with van der Waals surface area (Å²) in [6.07, 6.45) is 11.4. The highest BCUT2D eigenvalue weighted by atomic mass is 15.0. The molecule has 0 atom stereocenters. The molecule has 2 aliphatic rings. The van der Waals surface area contributed by atoms with Crippen LogP contribution >= 0.6 is 0 Å². The topological polar surface area (TPSA) is 17.3 Å². The van der Waals surface area contributed by atoms with Gasteiger partial charge in [-0.2, -0.15) is 0 Å². The van der Waals surface area contributed by atoms with Crippen LogP contribution in [0.2, 0.25) is 0 Å². The normalized spacial score (nSPS) is 16.9. The molecule has 0 saturated carbocycles. The van der Waals surface area contributed by atoms with Crippen molar-refractivity contribution in [1.82, 2.24) is 4.57 Å². The zero-order chi connectivity index (χ0) is 11.9. The SMILES string of the molecule is C1=CC2=NC=Cn3c(cc4ccccc43)C2=CC1. The van der Waals surface area contributed by atoms with E-state index in [9.17, 15) is 0 Å². The second kappa shape index (κ2) is 3.57. The molecule has 0 spiro atoms. The summed E-state index contributed by atoms with van der Waals surface area (Å²) in [4.78, 5) is 4.50. The van der Waals surface area contributed by atoms with E-state index < -0.39 is 0 Å². The third-order valence-corrected chi connectivity index (χ3v) is 3.46. The van der Waals surface area contributed by atoms with E-state index in [1.54, 1.807) is 0 Å². The Morgan fingerprint density at radius 1 is 1.17 bits per heavy atom. The lowest BCUT2D eigenvalue weighted by molar-refractivity contribution is 1.19. The van der Waals surface area contributed by atoms with E-state index in [0.717, 1.165) is 12.1 Å². The molecule has 0 bridgehead atoms. The number of aliphatic imine (C=N–C) groups is 1. The average molecular weight is 232 g/mol. The van der Waals surface area contributed by atoms with E-state index in [1.165, 1.54) is 22.2 Å². The van der Waals surface area contributed by atoms with E-state index in [1.807, 2.05) is 12.4 Å². The third-order valence-electron chi connectivity index (χ3n) is 3.46. The van der Waals surface area contributed by atoms with Crippen LogP contribution in [0.4, 0.5) is 0 Å². The first kappa shape index (κ1) is 9.66. The fourth-order valence-electron chi connectivity index (χ4n) is 2.63. The van der Waals surface area contributed by atoms with Gasteiger partial charge in [-0.25, -0.2) is 0 Å². The quantitative estimate of drug-likeness (QED) is 0.656. The number of para-hydroxylation sites is 1. The van der Waals surface area contributed by atoms with E-state index in [-0.39, 0.29) is 0 Å². The van der Waals surface area contributed by atoms with Gasteiger partial charge in [0.25, 0.3) is 0 Å². The van der Waals surface area contributed by atoms with Gasteiger partial charge in [0.15, 0.2) is 0 Å². The summed E-state index contributed by atoms with van der Waals surface area (Å²) >= 11 is 0. The zero-order valence-electron chi connectivity index (χ0n) is 9.88. The van der Waals surface area contributed by atoms with Crippen LogP contribution in [-0.2, 0) is 0 Å². The molecule has 1 aromatic carbocycles. The largest absolute Gasteiger partial charge is 0.314 e. The van der Waals surface area contributed by atoms with Crippen LogP contribution in [-0.4, -0.2) is 10.3 Å². The van der Waals surface area contributed by atoms with Crippen LogP contribution in [0.3, 0.4) is 0 Å². The zero-order valence-corrected chi connectivity index (χ0v) is 9.88. The molecule has 1 aliphatic heterocycles. The van der Waals surface area contributed by atoms with Gasteiger partial charge in [-0.15, -0.1) is 0 Å². The molecular formula is C16H12N2. The van der Waals surface area contributed by atoms with E-state index in [2.05, 4.69) is 58.1 Å². The smallest absolute Gasteiger partial charge is 0.0717 e. The van der Waals surface area contributed by atoms with Gasteiger partial charge in [0.2, 0.25) is 0 Å². The predicted octanol–water partition coefficient (Wildman–Crippen LogP) is 3.87. The van der Waals surface area contributed by atoms with Crippen LogP contribution in [0.15, 0.2) is 59.8 Å². The van der Waals surface area contributed by atoms with Crippen LogP contribution in [0.1, 0.15) is 12.1 Å². The molecule has 86 valence electrons. The van der Waals surface area contributed by atoms with Gasteiger partial charge in [0.1, 0.15) is 0 Å². The second-order valence-corrected chi connectivity index (χ2v) is 4.53. The fraction of sp³-hybridized carbons (Fsp3) is 0.0625. The summed E-state index contributed by atoms with van der Waals surface area (Å²) < 4.78 is 2.22. The molecule has 0 N–H and O–H groups in total. The molecule has 0 fully saturated rings. The summed E-state index contributed by atoms with van der Waals surface area (Å²) in [5.41, 5.74) is 4.75. The number of rotatable bonds is 0. The van der Waals surface area contributed by atoms with Crippen molar-refractivity contribution < 1.29 is 0 Å². The Morgan fingerprint density at radius 2 is 2.11 bits per heavy atom. The van der Waals surface area contributed by atoms with E-state index in [4.69, 9.17) is 0 Å². The third kappa shape index (κ3) is 1.26. The molecule has 0 saturated heterocycles. The summed E-state index contributed by atoms with van der Waals surface area (Å²) in [7, 11) is 0. The molecule has 2 nitrogen and oxygen atoms in total. The van der Waals surface area contributed by atoms with E-state index >= 15 is 0 Å². The van der Waals surface area contributed by atoms with Crippen molar-refractivity contribution >= 4 is 28.4 Å². The molecule has 1 aliphatic carbocycles. The van der Waals surface area contributed by atoms with Crippen molar-refractivity contribution in [1.29, 1.82) is 0 Å². The summed E-state index contributed by atoms with van der Waals surface area (Å²) in [6.45, 7) is 0. The minimum Gasteiger partial charge on any atom is -0.314 e. The van der Waals surface area contributed by atoms with Crippen molar-refractivity contribution in [3.63, 3.8) is 0 Å². The van der Waals surface area contributed by atoms with Gasteiger partial charge in [-0.3, -0.25) is 4.99 Å². The molecule has 1 aromatic heterocycles. The van der Waals surface area contributed by atoms with E-state index in [0.29, 0.717) is 0 Å². The Balaban J connectivity index is 2.07. The maximum absolute atomic E-state index is 4.50. The molecule has 0 radical (unpaired) electrons. The van der Waals surface area contributed by atoms with Gasteiger partial charge in [0.05, 0.1) is 16.9 Å². The summed E-state index contributed by atoms with van der Waals surface area (Å²) in [6, 6.07) is 10.7. The van der Waals surface area contributed by atoms with Gasteiger partial charge in [-0.1, -0.05) is 30.4 Å². The van der Waals surface area contributed by atoms with Crippen LogP contribution < -0.4 is 0 Å². The van der Waals surface area contributed by atoms with Crippen molar-refractivity contribution in [2.75, 3.05) is 0 Å². The van der Waals surface area contributed by atoms with Crippen LogP contribution in [0, 0.1) is 0 Å². The Bertz CT molecular complexity index is 754. The highest BCUT2D eigenvalue weighted by Gasteiger charge is 2.17. The lowest BCUT2D eigenvalue weighted by Crippen LogP contribution is -2.03. The number of hydrogen-bond donors (Lipinski definition) is 0. The number of fused-ring (bicyclic) bond motifs is 5. The Morgan fingerprint density at radius 3 is 3.11 bits per heavy atom. The number of allylic oxidation sites excluding steroid dienone is 4. The first-order valence-corrected chi connectivity index (χ1v) is 6.15. The van der Waals surface area contributed by atoms with Gasteiger partial charge >= 0.3 is 0 Å². The van der Waals surface area contributed by atoms with Crippen molar-refractivity contribution in [2.24, 2.45) is 4.99 Å². The van der Waals surface area contributed by atoms with Gasteiger partial charge in [0, 0.05) is 23.4 Å². The number of benzene rings is 1. The number of aromatic nitrogens is 1. The highest BCUT2D eigenvalue weighted by Crippen LogP contribution is 2.30. The molecule has 18 heavy (non-hydrogen) atoms. The lowest BCUT2D eigenvalue weighted by Gasteiger charge is -2.10. The van der Waals surface area contributed by atoms with Crippen molar-refractivity contribution in [3.05, 3.63) is 60.5 Å². The molecule has 2 heteroatoms. The van der Waals surface area contributed by atoms with Crippen molar-refractivity contribution in [3.8, 4) is 0 Å². The Hall–Kier alpha value is -2.35. The molecule has 2 aromatic rings. The molecule has 2 heterocycles. The number of hydrogen-bond acceptors (Lipinski definition) is 1. The van der Waals surface area contributed by atoms with Crippen LogP contribution in [0.25, 0.3) is 22.7 Å². The maximum atomic E-state index is 4.50. The predicted molar refractivity (Wildman–Crippen MR) is 76.4 cm³/mol. The van der Waals surface area contributed by atoms with Gasteiger partial charge < -0.3 is 4.57 Å². The maximum Gasteiger partial charge on any atom is 0.0717 e. The van der Waals surface area contributed by atoms with Crippen LogP contribution in [0.5, 0.6) is 0 Å². The molecular weight excluding hydrogens is 220 g/mol. The minimum absolute atomic E-state index is 0.982. The number of nitrogens with zero attached hydrogens (tertiary/aromatic N) is 2. The first-order chi connectivity index (χ1) is 8.93. The molecule has 0 unspecified atom stereocenters. The fourth-order valence-corrected chi connectivity index (χ4v) is 2.63. The summed E-state index contributed by atoms with van der Waals surface area (Å²) in [5.74, 6) is 0. The van der Waals surface area contributed by atoms with Gasteiger partial charge in [-0.05, 0) is 24.6 Å². The molecule has 0 amide bonds. The monoisotopic (exact) mass is 232 g/mol. The first-order valence-electron chi connectivity index (χ1n) is 6.15. The summed E-state index contributed by atoms with van der Waals surface area (Å²) in [5, 5.41) is 1.27.